The van der Waals surface area contributed by atoms with Gasteiger partial charge >= 0.3 is 29.8 Å². The lowest BCUT2D eigenvalue weighted by atomic mass is 9.74. The SMILES string of the molecule is C=C(CCC12OC(C(=O)OCc3ccccc3)C(O)(C(=O)O)C(C(=O)O)(O1)[C@@H](OC(=O)/C=C/[C@@H](C)C[C@@H](C)CC)[C@H]2O)C(OC(C)=O)[C@H](C)Cc1ccccc1. The number of aliphatic carboxylic acids is 2. The molecule has 0 radical (unpaired) electrons. The predicted octanol–water partition coefficient (Wildman–Crippen LogP) is 4.54. The number of aliphatic hydroxyl groups is 2. The summed E-state index contributed by atoms with van der Waals surface area (Å²) in [6, 6.07) is 17.6. The first-order valence-corrected chi connectivity index (χ1v) is 18.6. The van der Waals surface area contributed by atoms with Gasteiger partial charge in [0.25, 0.3) is 0 Å². The van der Waals surface area contributed by atoms with Gasteiger partial charge in [0.2, 0.25) is 23.1 Å². The number of carboxylic acids is 2. The zero-order valence-electron chi connectivity index (χ0n) is 32.3. The predicted molar refractivity (Wildman–Crippen MR) is 199 cm³/mol. The van der Waals surface area contributed by atoms with Crippen molar-refractivity contribution < 1.29 is 68.1 Å². The Morgan fingerprint density at radius 3 is 2.11 bits per heavy atom. The molecular weight excluding hydrogens is 728 g/mol. The molecule has 0 aromatic heterocycles. The van der Waals surface area contributed by atoms with E-state index in [1.54, 1.807) is 30.3 Å². The van der Waals surface area contributed by atoms with Gasteiger partial charge in [-0.3, -0.25) is 4.79 Å². The summed E-state index contributed by atoms with van der Waals surface area (Å²) < 4.78 is 28.3. The number of benzene rings is 2. The molecule has 4 N–H and O–H groups in total. The van der Waals surface area contributed by atoms with Crippen LogP contribution in [0.1, 0.15) is 71.4 Å². The van der Waals surface area contributed by atoms with Crippen molar-refractivity contribution in [2.45, 2.75) is 115 Å². The Balaban J connectivity index is 1.75. The molecule has 0 saturated carbocycles. The van der Waals surface area contributed by atoms with Gasteiger partial charge < -0.3 is 44.1 Å². The van der Waals surface area contributed by atoms with Gasteiger partial charge in [-0.15, -0.1) is 0 Å². The lowest BCUT2D eigenvalue weighted by molar-refractivity contribution is -0.374. The van der Waals surface area contributed by atoms with Crippen LogP contribution in [0.2, 0.25) is 0 Å². The van der Waals surface area contributed by atoms with Crippen molar-refractivity contribution in [3.05, 3.63) is 96.1 Å². The van der Waals surface area contributed by atoms with Crippen LogP contribution in [0.5, 0.6) is 0 Å². The van der Waals surface area contributed by atoms with Crippen LogP contribution < -0.4 is 0 Å². The summed E-state index contributed by atoms with van der Waals surface area (Å²) in [6.07, 6.45) is -4.44. The Labute approximate surface area is 326 Å². The van der Waals surface area contributed by atoms with Crippen LogP contribution in [0.25, 0.3) is 0 Å². The van der Waals surface area contributed by atoms with E-state index < -0.39 is 84.3 Å². The number of rotatable bonds is 19. The summed E-state index contributed by atoms with van der Waals surface area (Å²) in [5.41, 5.74) is -5.66. The largest absolute Gasteiger partial charge is 0.479 e. The van der Waals surface area contributed by atoms with E-state index in [0.29, 0.717) is 24.3 Å². The highest BCUT2D eigenvalue weighted by Crippen LogP contribution is 2.56. The Kier molecular flexibility index (Phi) is 14.4. The third-order valence-corrected chi connectivity index (χ3v) is 10.5. The maximum absolute atomic E-state index is 13.8. The summed E-state index contributed by atoms with van der Waals surface area (Å²) in [6.45, 7) is 12.6. The summed E-state index contributed by atoms with van der Waals surface area (Å²) in [5, 5.41) is 45.2. The number of esters is 3. The van der Waals surface area contributed by atoms with Crippen LogP contribution in [-0.4, -0.2) is 91.7 Å². The topological polar surface area (TPSA) is 212 Å². The summed E-state index contributed by atoms with van der Waals surface area (Å²) in [5.74, 6) is -10.5. The van der Waals surface area contributed by atoms with Crippen LogP contribution in [0.15, 0.2) is 85.0 Å². The van der Waals surface area contributed by atoms with Crippen LogP contribution in [0.3, 0.4) is 0 Å². The summed E-state index contributed by atoms with van der Waals surface area (Å²) in [7, 11) is 0. The second-order valence-corrected chi connectivity index (χ2v) is 14.9. The molecule has 2 aromatic rings. The second-order valence-electron chi connectivity index (χ2n) is 14.9. The van der Waals surface area contributed by atoms with Crippen molar-refractivity contribution >= 4 is 29.8 Å². The average molecular weight is 781 g/mol. The maximum Gasteiger partial charge on any atom is 0.344 e. The first-order chi connectivity index (χ1) is 26.4. The van der Waals surface area contributed by atoms with Gasteiger partial charge in [0.05, 0.1) is 0 Å². The molecule has 5 unspecified atom stereocenters. The third kappa shape index (κ3) is 9.21. The van der Waals surface area contributed by atoms with Crippen molar-refractivity contribution in [3.8, 4) is 0 Å². The molecule has 10 atom stereocenters. The molecule has 304 valence electrons. The molecule has 0 aliphatic carbocycles. The fraction of sp³-hybridized carbons (Fsp3) is 0.500. The Bertz CT molecular complexity index is 1760. The number of carbonyl (C=O) groups excluding carboxylic acids is 3. The normalized spacial score (nSPS) is 27.7. The number of allylic oxidation sites excluding steroid dienone is 1. The van der Waals surface area contributed by atoms with E-state index in [4.69, 9.17) is 23.7 Å². The minimum atomic E-state index is -3.83. The number of fused-ring (bicyclic) bond motifs is 2. The smallest absolute Gasteiger partial charge is 0.344 e. The molecule has 56 heavy (non-hydrogen) atoms. The molecule has 2 heterocycles. The van der Waals surface area contributed by atoms with E-state index in [-0.39, 0.29) is 23.8 Å². The minimum absolute atomic E-state index is 0.121. The number of aliphatic hydroxyl groups excluding tert-OH is 1. The fourth-order valence-corrected chi connectivity index (χ4v) is 7.38. The molecule has 2 bridgehead atoms. The minimum Gasteiger partial charge on any atom is -0.479 e. The number of carbonyl (C=O) groups is 5. The molecule has 2 aliphatic rings. The molecule has 0 spiro atoms. The number of ether oxygens (including phenoxy) is 5. The first-order valence-electron chi connectivity index (χ1n) is 18.6. The molecule has 2 fully saturated rings. The van der Waals surface area contributed by atoms with E-state index >= 15 is 0 Å². The van der Waals surface area contributed by atoms with Crippen molar-refractivity contribution in [3.63, 3.8) is 0 Å². The number of hydrogen-bond donors (Lipinski definition) is 4. The van der Waals surface area contributed by atoms with Gasteiger partial charge in [0.1, 0.15) is 18.8 Å². The van der Waals surface area contributed by atoms with Gasteiger partial charge in [0.15, 0.2) is 6.10 Å². The van der Waals surface area contributed by atoms with E-state index in [9.17, 15) is 44.4 Å². The van der Waals surface area contributed by atoms with Crippen LogP contribution in [0, 0.1) is 17.8 Å². The number of hydrogen-bond acceptors (Lipinski definition) is 12. The van der Waals surface area contributed by atoms with E-state index in [2.05, 4.69) is 6.58 Å². The van der Waals surface area contributed by atoms with Crippen molar-refractivity contribution in [1.29, 1.82) is 0 Å². The fourth-order valence-electron chi connectivity index (χ4n) is 7.38. The Morgan fingerprint density at radius 2 is 1.55 bits per heavy atom. The van der Waals surface area contributed by atoms with Gasteiger partial charge in [-0.1, -0.05) is 107 Å². The summed E-state index contributed by atoms with van der Waals surface area (Å²) in [4.78, 5) is 65.8. The lowest BCUT2D eigenvalue weighted by Crippen LogP contribution is -2.78. The highest BCUT2D eigenvalue weighted by molar-refractivity contribution is 5.98. The van der Waals surface area contributed by atoms with Crippen LogP contribution in [0.4, 0.5) is 0 Å². The van der Waals surface area contributed by atoms with Gasteiger partial charge in [0, 0.05) is 25.3 Å². The van der Waals surface area contributed by atoms with Crippen LogP contribution in [-0.2, 0) is 60.7 Å². The molecule has 14 nitrogen and oxygen atoms in total. The van der Waals surface area contributed by atoms with Crippen molar-refractivity contribution in [1.82, 2.24) is 0 Å². The van der Waals surface area contributed by atoms with Gasteiger partial charge in [-0.05, 0) is 47.8 Å². The molecular formula is C42H52O14. The highest BCUT2D eigenvalue weighted by Gasteiger charge is 2.86. The molecule has 0 amide bonds. The second kappa shape index (κ2) is 18.4. The third-order valence-electron chi connectivity index (χ3n) is 10.5. The molecule has 2 aromatic carbocycles. The average Bonchev–Trinajstić information content (AvgIpc) is 3.38. The Morgan fingerprint density at radius 1 is 0.946 bits per heavy atom. The zero-order chi connectivity index (χ0) is 41.4. The number of carboxylic acid groups (broad SMARTS) is 2. The first kappa shape index (κ1) is 43.8. The molecule has 2 saturated heterocycles. The zero-order valence-corrected chi connectivity index (χ0v) is 32.3. The molecule has 2 aliphatic heterocycles. The van der Waals surface area contributed by atoms with E-state index in [1.165, 1.54) is 13.0 Å². The molecule has 4 rings (SSSR count). The Hall–Kier alpha value is -4.89. The molecule has 14 heteroatoms. The van der Waals surface area contributed by atoms with E-state index in [1.807, 2.05) is 58.0 Å². The highest BCUT2D eigenvalue weighted by atomic mass is 16.8. The lowest BCUT2D eigenvalue weighted by Gasteiger charge is -2.49. The summed E-state index contributed by atoms with van der Waals surface area (Å²) >= 11 is 0. The van der Waals surface area contributed by atoms with E-state index in [0.717, 1.165) is 18.1 Å². The van der Waals surface area contributed by atoms with Crippen LogP contribution >= 0.6 is 0 Å². The van der Waals surface area contributed by atoms with Gasteiger partial charge in [-0.2, -0.15) is 0 Å². The maximum atomic E-state index is 13.8. The van der Waals surface area contributed by atoms with Gasteiger partial charge in [-0.25, -0.2) is 19.2 Å². The quantitative estimate of drug-likeness (QED) is 0.0667. The van der Waals surface area contributed by atoms with Crippen molar-refractivity contribution in [2.75, 3.05) is 0 Å². The van der Waals surface area contributed by atoms with Crippen molar-refractivity contribution in [2.24, 2.45) is 17.8 Å². The monoisotopic (exact) mass is 780 g/mol. The standard InChI is InChI=1S/C42H52O14/c1-7-25(2)22-26(3)18-19-32(44)54-35-34(45)40(21-20-27(4)33(53-29(6)43)28(5)23-30-14-10-8-11-15-30)55-36(37(46)52-24-31-16-12-9-13-17-31)41(51,38(47)48)42(35,56-40)39(49)50/h8-19,25-26,28,33-36,45,51H,4,7,20-24H2,1-3,5-6H3,(H,47,48)(H,49,50)/b19-18+/t25-,26+,28+,33?,34+,35-,36?,40?,41?,42?/m0/s1.